The van der Waals surface area contributed by atoms with Gasteiger partial charge in [0.15, 0.2) is 5.96 Å². The van der Waals surface area contributed by atoms with Crippen LogP contribution in [-0.2, 0) is 10.0 Å². The number of likely N-dealkylation sites (tertiary alicyclic amines) is 1. The molecule has 138 valence electrons. The number of hydrogen-bond donors (Lipinski definition) is 3. The highest BCUT2D eigenvalue weighted by Crippen LogP contribution is 2.07. The molecule has 1 aliphatic heterocycles. The predicted octanol–water partition coefficient (Wildman–Crippen LogP) is 0.583. The van der Waals surface area contributed by atoms with E-state index in [9.17, 15) is 8.42 Å². The van der Waals surface area contributed by atoms with Crippen molar-refractivity contribution in [3.05, 3.63) is 0 Å². The maximum atomic E-state index is 11.3. The molecule has 9 heteroatoms. The van der Waals surface area contributed by atoms with E-state index in [1.807, 2.05) is 13.8 Å². The molecule has 0 aliphatic carbocycles. The Kier molecular flexibility index (Phi) is 10.6. The lowest BCUT2D eigenvalue weighted by Crippen LogP contribution is -2.53. The van der Waals surface area contributed by atoms with Crippen molar-refractivity contribution >= 4 is 40.0 Å². The van der Waals surface area contributed by atoms with Crippen molar-refractivity contribution in [1.29, 1.82) is 0 Å². The van der Waals surface area contributed by atoms with E-state index < -0.39 is 15.6 Å². The SMILES string of the molecule is CN=C(NCCN1CCCCC1)NCC(C)(C)NS(C)(=O)=O.I. The highest BCUT2D eigenvalue weighted by Gasteiger charge is 2.22. The van der Waals surface area contributed by atoms with Crippen LogP contribution in [0.5, 0.6) is 0 Å². The fraction of sp³-hybridized carbons (Fsp3) is 0.929. The van der Waals surface area contributed by atoms with Crippen molar-refractivity contribution in [1.82, 2.24) is 20.3 Å². The maximum absolute atomic E-state index is 11.3. The number of hydrogen-bond acceptors (Lipinski definition) is 4. The molecule has 0 radical (unpaired) electrons. The Bertz CT molecular complexity index is 462. The summed E-state index contributed by atoms with van der Waals surface area (Å²) in [5, 5.41) is 6.44. The van der Waals surface area contributed by atoms with E-state index in [-0.39, 0.29) is 24.0 Å². The summed E-state index contributed by atoms with van der Waals surface area (Å²) in [5.41, 5.74) is -0.571. The van der Waals surface area contributed by atoms with E-state index in [4.69, 9.17) is 0 Å². The second kappa shape index (κ2) is 10.7. The number of guanidine groups is 1. The van der Waals surface area contributed by atoms with Crippen LogP contribution in [0.3, 0.4) is 0 Å². The molecule has 0 amide bonds. The molecule has 7 nitrogen and oxygen atoms in total. The van der Waals surface area contributed by atoms with Crippen LogP contribution in [0.4, 0.5) is 0 Å². The van der Waals surface area contributed by atoms with Gasteiger partial charge in [-0.1, -0.05) is 6.42 Å². The second-order valence-electron chi connectivity index (χ2n) is 6.51. The number of rotatable bonds is 7. The van der Waals surface area contributed by atoms with Crippen molar-refractivity contribution in [3.63, 3.8) is 0 Å². The zero-order chi connectivity index (χ0) is 16.6. The van der Waals surface area contributed by atoms with Gasteiger partial charge in [0.1, 0.15) is 0 Å². The molecule has 0 bridgehead atoms. The van der Waals surface area contributed by atoms with Gasteiger partial charge in [0, 0.05) is 32.2 Å². The Balaban J connectivity index is 0.00000484. The van der Waals surface area contributed by atoms with E-state index in [0.717, 1.165) is 13.1 Å². The van der Waals surface area contributed by atoms with Crippen molar-refractivity contribution in [2.24, 2.45) is 4.99 Å². The second-order valence-corrected chi connectivity index (χ2v) is 8.26. The first-order chi connectivity index (χ1) is 10.2. The molecule has 0 spiro atoms. The highest BCUT2D eigenvalue weighted by atomic mass is 127. The molecule has 1 saturated heterocycles. The van der Waals surface area contributed by atoms with Gasteiger partial charge in [-0.05, 0) is 39.8 Å². The highest BCUT2D eigenvalue weighted by molar-refractivity contribution is 14.0. The van der Waals surface area contributed by atoms with Gasteiger partial charge < -0.3 is 15.5 Å². The molecule has 0 aromatic rings. The molecule has 23 heavy (non-hydrogen) atoms. The number of nitrogens with zero attached hydrogens (tertiary/aromatic N) is 2. The third-order valence-electron chi connectivity index (χ3n) is 3.55. The van der Waals surface area contributed by atoms with Crippen molar-refractivity contribution < 1.29 is 8.42 Å². The summed E-state index contributed by atoms with van der Waals surface area (Å²) in [4.78, 5) is 6.63. The molecule has 0 atom stereocenters. The van der Waals surface area contributed by atoms with Gasteiger partial charge >= 0.3 is 0 Å². The Labute approximate surface area is 158 Å². The zero-order valence-electron chi connectivity index (χ0n) is 14.7. The lowest BCUT2D eigenvalue weighted by atomic mass is 10.1. The van der Waals surface area contributed by atoms with Crippen LogP contribution in [0.1, 0.15) is 33.1 Å². The Morgan fingerprint density at radius 3 is 2.30 bits per heavy atom. The number of piperidine rings is 1. The lowest BCUT2D eigenvalue weighted by Gasteiger charge is -2.28. The Morgan fingerprint density at radius 2 is 1.78 bits per heavy atom. The molecule has 1 fully saturated rings. The summed E-state index contributed by atoms with van der Waals surface area (Å²) >= 11 is 0. The number of nitrogens with one attached hydrogen (secondary N) is 3. The quantitative estimate of drug-likeness (QED) is 0.294. The summed E-state index contributed by atoms with van der Waals surface area (Å²) in [6, 6.07) is 0. The van der Waals surface area contributed by atoms with E-state index >= 15 is 0 Å². The summed E-state index contributed by atoms with van der Waals surface area (Å²) in [5.74, 6) is 0.695. The van der Waals surface area contributed by atoms with Crippen LogP contribution < -0.4 is 15.4 Å². The minimum Gasteiger partial charge on any atom is -0.355 e. The zero-order valence-corrected chi connectivity index (χ0v) is 17.8. The van der Waals surface area contributed by atoms with E-state index in [1.165, 1.54) is 38.6 Å². The fourth-order valence-electron chi connectivity index (χ4n) is 2.58. The molecular formula is C14H32IN5O2S. The van der Waals surface area contributed by atoms with Gasteiger partial charge in [-0.25, -0.2) is 13.1 Å². The lowest BCUT2D eigenvalue weighted by molar-refractivity contribution is 0.232. The van der Waals surface area contributed by atoms with Crippen LogP contribution in [0, 0.1) is 0 Å². The Morgan fingerprint density at radius 1 is 1.17 bits per heavy atom. The molecule has 0 aromatic carbocycles. The summed E-state index contributed by atoms with van der Waals surface area (Å²) in [7, 11) is -1.51. The predicted molar refractivity (Wildman–Crippen MR) is 107 cm³/mol. The van der Waals surface area contributed by atoms with Crippen molar-refractivity contribution in [3.8, 4) is 0 Å². The number of halogens is 1. The fourth-order valence-corrected chi connectivity index (χ4v) is 3.65. The van der Waals surface area contributed by atoms with E-state index in [2.05, 4.69) is 25.2 Å². The van der Waals surface area contributed by atoms with Crippen LogP contribution in [0.15, 0.2) is 4.99 Å². The third-order valence-corrected chi connectivity index (χ3v) is 4.48. The molecule has 0 unspecified atom stereocenters. The molecule has 1 aliphatic rings. The van der Waals surface area contributed by atoms with Crippen LogP contribution in [-0.4, -0.2) is 70.8 Å². The van der Waals surface area contributed by atoms with Gasteiger partial charge in [0.2, 0.25) is 10.0 Å². The average Bonchev–Trinajstić information content (AvgIpc) is 2.41. The van der Waals surface area contributed by atoms with E-state index in [1.54, 1.807) is 7.05 Å². The smallest absolute Gasteiger partial charge is 0.209 e. The van der Waals surface area contributed by atoms with Crippen LogP contribution in [0.2, 0.25) is 0 Å². The molecule has 1 rings (SSSR count). The minimum atomic E-state index is -3.22. The largest absolute Gasteiger partial charge is 0.355 e. The molecule has 0 saturated carbocycles. The summed E-state index contributed by atoms with van der Waals surface area (Å²) in [6.45, 7) is 8.33. The van der Waals surface area contributed by atoms with E-state index in [0.29, 0.717) is 12.5 Å². The van der Waals surface area contributed by atoms with Crippen molar-refractivity contribution in [2.45, 2.75) is 38.6 Å². The molecule has 0 aromatic heterocycles. The van der Waals surface area contributed by atoms with Gasteiger partial charge in [-0.15, -0.1) is 24.0 Å². The summed E-state index contributed by atoms with van der Waals surface area (Å²) < 4.78 is 25.2. The standard InChI is InChI=1S/C14H31N5O2S.HI/c1-14(2,18-22(4,20)21)12-17-13(15-3)16-8-11-19-9-6-5-7-10-19;/h18H,5-12H2,1-4H3,(H2,15,16,17);1H. The van der Waals surface area contributed by atoms with Gasteiger partial charge in [-0.2, -0.15) is 0 Å². The first kappa shape index (κ1) is 22.9. The van der Waals surface area contributed by atoms with Crippen molar-refractivity contribution in [2.75, 3.05) is 46.0 Å². The topological polar surface area (TPSA) is 85.8 Å². The monoisotopic (exact) mass is 461 g/mol. The molecular weight excluding hydrogens is 429 g/mol. The minimum absolute atomic E-state index is 0. The van der Waals surface area contributed by atoms with Crippen LogP contribution >= 0.6 is 24.0 Å². The number of aliphatic imine (C=N–C) groups is 1. The Hall–Kier alpha value is -0.130. The molecule has 1 heterocycles. The number of sulfonamides is 1. The molecule has 3 N–H and O–H groups in total. The first-order valence-corrected chi connectivity index (χ1v) is 9.77. The van der Waals surface area contributed by atoms with Gasteiger partial charge in [0.25, 0.3) is 0 Å². The first-order valence-electron chi connectivity index (χ1n) is 7.88. The maximum Gasteiger partial charge on any atom is 0.209 e. The van der Waals surface area contributed by atoms with Crippen LogP contribution in [0.25, 0.3) is 0 Å². The average molecular weight is 461 g/mol. The van der Waals surface area contributed by atoms with Gasteiger partial charge in [0.05, 0.1) is 6.26 Å². The third kappa shape index (κ3) is 11.1. The normalized spacial score (nSPS) is 17.5. The van der Waals surface area contributed by atoms with Gasteiger partial charge in [-0.3, -0.25) is 4.99 Å². The summed E-state index contributed by atoms with van der Waals surface area (Å²) in [6.07, 6.45) is 5.09.